The second kappa shape index (κ2) is 11.6. The highest BCUT2D eigenvalue weighted by molar-refractivity contribution is 5.95. The molecule has 3 aliphatic rings. The van der Waals surface area contributed by atoms with Crippen molar-refractivity contribution < 1.29 is 18.7 Å². The Kier molecular flexibility index (Phi) is 7.63. The van der Waals surface area contributed by atoms with Crippen LogP contribution < -0.4 is 10.6 Å². The number of methoxy groups -OCH3 is 1. The molecule has 7 rings (SSSR count). The van der Waals surface area contributed by atoms with E-state index in [1.807, 2.05) is 6.92 Å². The van der Waals surface area contributed by atoms with Gasteiger partial charge in [-0.15, -0.1) is 0 Å². The van der Waals surface area contributed by atoms with E-state index in [0.717, 1.165) is 73.4 Å². The number of hydrogen-bond donors (Lipinski definition) is 1. The number of halogens is 1. The number of pyridine rings is 2. The highest BCUT2D eigenvalue weighted by atomic mass is 19.1. The van der Waals surface area contributed by atoms with Gasteiger partial charge in [-0.1, -0.05) is 0 Å². The largest absolute Gasteiger partial charge is 0.453 e. The third-order valence-corrected chi connectivity index (χ3v) is 9.82. The second-order valence-corrected chi connectivity index (χ2v) is 13.0. The summed E-state index contributed by atoms with van der Waals surface area (Å²) >= 11 is 0. The molecule has 2 aliphatic heterocycles. The molecule has 0 radical (unpaired) electrons. The molecule has 6 heterocycles. The number of aryl methyl sites for hydroxylation is 1. The number of ether oxygens (including phenoxy) is 1. The van der Waals surface area contributed by atoms with E-state index in [1.54, 1.807) is 23.0 Å². The molecule has 238 valence electrons. The smallest absolute Gasteiger partial charge is 0.409 e. The quantitative estimate of drug-likeness (QED) is 0.341. The number of aromatic nitrogens is 4. The number of carbonyl (C=O) groups is 2. The number of fused-ring (bicyclic) bond motifs is 2. The van der Waals surface area contributed by atoms with Crippen molar-refractivity contribution in [2.24, 2.45) is 11.7 Å². The van der Waals surface area contributed by atoms with Crippen LogP contribution >= 0.6 is 0 Å². The third-order valence-electron chi connectivity index (χ3n) is 9.82. The predicted molar refractivity (Wildman–Crippen MR) is 170 cm³/mol. The Morgan fingerprint density at radius 1 is 1.11 bits per heavy atom. The molecular formula is C33H41FN8O3. The molecule has 0 spiro atoms. The number of nitrogens with zero attached hydrogens (tertiary/aromatic N) is 7. The van der Waals surface area contributed by atoms with Gasteiger partial charge in [0.15, 0.2) is 0 Å². The molecule has 45 heavy (non-hydrogen) atoms. The van der Waals surface area contributed by atoms with Gasteiger partial charge < -0.3 is 29.7 Å². The molecule has 1 aliphatic carbocycles. The minimum Gasteiger partial charge on any atom is -0.453 e. The molecule has 0 unspecified atom stereocenters. The molecule has 1 atom stereocenters. The number of rotatable bonds is 6. The second-order valence-electron chi connectivity index (χ2n) is 13.0. The van der Waals surface area contributed by atoms with E-state index in [-0.39, 0.29) is 29.6 Å². The van der Waals surface area contributed by atoms with Crippen molar-refractivity contribution in [3.05, 3.63) is 47.4 Å². The Hall–Kier alpha value is -4.19. The Morgan fingerprint density at radius 3 is 2.60 bits per heavy atom. The van der Waals surface area contributed by atoms with E-state index in [4.69, 9.17) is 20.6 Å². The molecule has 0 bridgehead atoms. The van der Waals surface area contributed by atoms with E-state index in [2.05, 4.69) is 27.7 Å². The van der Waals surface area contributed by atoms with Crippen LogP contribution in [0.5, 0.6) is 0 Å². The van der Waals surface area contributed by atoms with Crippen LogP contribution in [0.25, 0.3) is 27.9 Å². The lowest BCUT2D eigenvalue weighted by Crippen LogP contribution is -2.45. The number of anilines is 1. The number of amides is 2. The lowest BCUT2D eigenvalue weighted by Gasteiger charge is -2.36. The first-order valence-electron chi connectivity index (χ1n) is 16.0. The van der Waals surface area contributed by atoms with Crippen LogP contribution in [-0.2, 0) is 11.3 Å². The molecule has 4 aromatic rings. The number of carbonyl (C=O) groups excluding carboxylic acids is 2. The molecule has 1 saturated carbocycles. The van der Waals surface area contributed by atoms with Crippen LogP contribution in [0.3, 0.4) is 0 Å². The maximum Gasteiger partial charge on any atom is 0.409 e. The molecule has 2 saturated heterocycles. The van der Waals surface area contributed by atoms with Crippen molar-refractivity contribution in [2.45, 2.75) is 64.1 Å². The van der Waals surface area contributed by atoms with Crippen LogP contribution in [0, 0.1) is 18.7 Å². The molecule has 12 heteroatoms. The fourth-order valence-corrected chi connectivity index (χ4v) is 7.02. The summed E-state index contributed by atoms with van der Waals surface area (Å²) in [6, 6.07) is 7.66. The topological polar surface area (TPSA) is 114 Å². The molecule has 3 fully saturated rings. The summed E-state index contributed by atoms with van der Waals surface area (Å²) in [4.78, 5) is 36.1. The summed E-state index contributed by atoms with van der Waals surface area (Å²) < 4.78 is 24.3. The van der Waals surface area contributed by atoms with E-state index in [1.165, 1.54) is 30.5 Å². The van der Waals surface area contributed by atoms with E-state index in [9.17, 15) is 9.59 Å². The fraction of sp³-hybridized carbons (Fsp3) is 0.515. The zero-order valence-corrected chi connectivity index (χ0v) is 26.2. The van der Waals surface area contributed by atoms with Crippen molar-refractivity contribution in [3.63, 3.8) is 0 Å². The average molecular weight is 617 g/mol. The maximum absolute atomic E-state index is 15.7. The van der Waals surface area contributed by atoms with Crippen LogP contribution in [-0.4, -0.2) is 93.4 Å². The van der Waals surface area contributed by atoms with E-state index < -0.39 is 5.82 Å². The lowest BCUT2D eigenvalue weighted by molar-refractivity contribution is 0.0707. The van der Waals surface area contributed by atoms with Gasteiger partial charge in [0.25, 0.3) is 5.91 Å². The van der Waals surface area contributed by atoms with E-state index >= 15 is 4.39 Å². The van der Waals surface area contributed by atoms with Crippen LogP contribution in [0.15, 0.2) is 30.5 Å². The van der Waals surface area contributed by atoms with Crippen molar-refractivity contribution in [1.29, 1.82) is 0 Å². The van der Waals surface area contributed by atoms with Crippen LogP contribution in [0.2, 0.25) is 0 Å². The van der Waals surface area contributed by atoms with Crippen LogP contribution in [0.1, 0.15) is 54.4 Å². The first-order chi connectivity index (χ1) is 21.7. The van der Waals surface area contributed by atoms with E-state index in [0.29, 0.717) is 30.2 Å². The van der Waals surface area contributed by atoms with Crippen molar-refractivity contribution in [1.82, 2.24) is 29.0 Å². The van der Waals surface area contributed by atoms with Crippen molar-refractivity contribution in [2.75, 3.05) is 45.2 Å². The first-order valence-corrected chi connectivity index (χ1v) is 16.0. The van der Waals surface area contributed by atoms with Crippen LogP contribution in [0.4, 0.5) is 15.0 Å². The number of piperidine rings is 2. The molecule has 11 nitrogen and oxygen atoms in total. The molecule has 2 amide bonds. The monoisotopic (exact) mass is 616 g/mol. The molecular weight excluding hydrogens is 575 g/mol. The first kappa shape index (κ1) is 29.5. The predicted octanol–water partition coefficient (Wildman–Crippen LogP) is 4.44. The molecule has 2 N–H and O–H groups in total. The minimum absolute atomic E-state index is 0.0579. The highest BCUT2D eigenvalue weighted by Gasteiger charge is 2.30. The molecule has 0 aromatic carbocycles. The summed E-state index contributed by atoms with van der Waals surface area (Å²) in [5, 5.41) is 5.87. The number of likely N-dealkylation sites (tertiary alicyclic amines) is 1. The summed E-state index contributed by atoms with van der Waals surface area (Å²) in [6.07, 6.45) is 7.07. The zero-order valence-electron chi connectivity index (χ0n) is 26.2. The van der Waals surface area contributed by atoms with Gasteiger partial charge in [0.1, 0.15) is 28.5 Å². The molecule has 4 aromatic heterocycles. The number of nitrogens with two attached hydrogens (primary N) is 1. The van der Waals surface area contributed by atoms with Crippen molar-refractivity contribution in [3.8, 4) is 11.4 Å². The van der Waals surface area contributed by atoms with Gasteiger partial charge >= 0.3 is 6.09 Å². The number of hydrogen-bond acceptors (Lipinski definition) is 7. The maximum atomic E-state index is 15.7. The Balaban J connectivity index is 1.22. The SMILES string of the molecule is COC(=O)N(C)C1CCN(c2ccc3cc(-c4nn5cc(C(=O)N6CCC[C@@H](N)C6)cc(F)c5c4C)n(CC4CC4)c3n2)CC1. The summed E-state index contributed by atoms with van der Waals surface area (Å²) in [6.45, 7) is 5.37. The standard InChI is InChI=1S/C33H41FN8O3/c1-20-29(37-42-18-23(15-26(34)30(20)42)32(43)40-12-4-5-24(35)19-40)27-16-22-8-9-28(36-31(22)41(27)17-21-6-7-21)39-13-10-25(11-14-39)38(2)33(44)45-3/h8-9,15-16,18,21,24-25H,4-7,10-14,17,19,35H2,1-3H3/t24-/m1/s1. The summed E-state index contributed by atoms with van der Waals surface area (Å²) in [7, 11) is 3.20. The fourth-order valence-electron chi connectivity index (χ4n) is 7.02. The van der Waals surface area contributed by atoms with Gasteiger partial charge in [-0.05, 0) is 75.6 Å². The Morgan fingerprint density at radius 2 is 1.89 bits per heavy atom. The Bertz CT molecular complexity index is 1770. The van der Waals surface area contributed by atoms with Gasteiger partial charge in [0, 0.05) is 69.0 Å². The van der Waals surface area contributed by atoms with Gasteiger partial charge in [0.05, 0.1) is 18.4 Å². The lowest BCUT2D eigenvalue weighted by atomic mass is 10.0. The average Bonchev–Trinajstić information content (AvgIpc) is 3.72. The Labute approximate surface area is 261 Å². The van der Waals surface area contributed by atoms with Crippen molar-refractivity contribution >= 4 is 34.4 Å². The summed E-state index contributed by atoms with van der Waals surface area (Å²) in [5.74, 6) is 0.788. The third kappa shape index (κ3) is 5.49. The van der Waals surface area contributed by atoms with Gasteiger partial charge in [-0.2, -0.15) is 5.10 Å². The summed E-state index contributed by atoms with van der Waals surface area (Å²) in [5.41, 5.74) is 9.94. The van der Waals surface area contributed by atoms with Gasteiger partial charge in [-0.3, -0.25) is 4.79 Å². The normalized spacial score (nSPS) is 19.4. The van der Waals surface area contributed by atoms with Gasteiger partial charge in [-0.25, -0.2) is 18.7 Å². The minimum atomic E-state index is -0.468. The highest BCUT2D eigenvalue weighted by Crippen LogP contribution is 2.38. The zero-order chi connectivity index (χ0) is 31.4. The van der Waals surface area contributed by atoms with Gasteiger partial charge in [0.2, 0.25) is 0 Å².